The Bertz CT molecular complexity index is 351. The van der Waals surface area contributed by atoms with Crippen molar-refractivity contribution < 1.29 is 0 Å². The average molecular weight is 357 g/mol. The summed E-state index contributed by atoms with van der Waals surface area (Å²) in [5.74, 6) is 0.750. The van der Waals surface area contributed by atoms with Crippen LogP contribution in [0, 0.1) is 0 Å². The first-order valence-electron chi connectivity index (χ1n) is 7.26. The fraction of sp³-hybridized carbons (Fsp3) is 0.625. The van der Waals surface area contributed by atoms with E-state index in [0.29, 0.717) is 0 Å². The first-order valence-corrected chi connectivity index (χ1v) is 8.79. The zero-order valence-corrected chi connectivity index (χ0v) is 13.3. The molecule has 1 aromatic rings. The minimum atomic E-state index is 0.750. The third-order valence-electron chi connectivity index (χ3n) is 3.87. The highest BCUT2D eigenvalue weighted by Crippen LogP contribution is 2.30. The van der Waals surface area contributed by atoms with Gasteiger partial charge in [-0.05, 0) is 60.1 Å². The molecule has 0 amide bonds. The van der Waals surface area contributed by atoms with Gasteiger partial charge in [0.1, 0.15) is 0 Å². The summed E-state index contributed by atoms with van der Waals surface area (Å²) < 4.78 is 1.30. The third-order valence-corrected chi connectivity index (χ3v) is 4.63. The molecule has 0 fully saturated rings. The number of hydrogen-bond donors (Lipinski definition) is 1. The molecule has 0 aromatic heterocycles. The maximum absolute atomic E-state index is 3.65. The molecule has 2 rings (SSSR count). The predicted molar refractivity (Wildman–Crippen MR) is 87.7 cm³/mol. The van der Waals surface area contributed by atoms with Crippen molar-refractivity contribution in [3.05, 3.63) is 35.4 Å². The topological polar surface area (TPSA) is 12.0 Å². The van der Waals surface area contributed by atoms with Crippen molar-refractivity contribution in [1.82, 2.24) is 5.32 Å². The van der Waals surface area contributed by atoms with Gasteiger partial charge in [0.2, 0.25) is 0 Å². The second kappa shape index (κ2) is 8.16. The highest BCUT2D eigenvalue weighted by molar-refractivity contribution is 14.1. The fourth-order valence-corrected chi connectivity index (χ4v) is 3.40. The molecule has 1 atom stereocenters. The van der Waals surface area contributed by atoms with E-state index in [0.717, 1.165) is 5.92 Å². The lowest BCUT2D eigenvalue weighted by atomic mass is 9.83. The zero-order chi connectivity index (χ0) is 12.6. The molecule has 1 aromatic carbocycles. The van der Waals surface area contributed by atoms with Crippen molar-refractivity contribution in [2.45, 2.75) is 44.4 Å². The van der Waals surface area contributed by atoms with Gasteiger partial charge >= 0.3 is 0 Å². The smallest absolute Gasteiger partial charge is 0.00202 e. The molecule has 100 valence electrons. The minimum absolute atomic E-state index is 0.750. The van der Waals surface area contributed by atoms with Crippen molar-refractivity contribution in [3.8, 4) is 0 Å². The Morgan fingerprint density at radius 3 is 2.94 bits per heavy atom. The van der Waals surface area contributed by atoms with E-state index >= 15 is 0 Å². The van der Waals surface area contributed by atoms with Gasteiger partial charge in [0, 0.05) is 6.54 Å². The van der Waals surface area contributed by atoms with E-state index in [1.807, 2.05) is 0 Å². The Morgan fingerprint density at radius 2 is 2.06 bits per heavy atom. The van der Waals surface area contributed by atoms with Crippen LogP contribution in [0.4, 0.5) is 0 Å². The summed E-state index contributed by atoms with van der Waals surface area (Å²) >= 11 is 2.46. The maximum Gasteiger partial charge on any atom is 0.00202 e. The Morgan fingerprint density at radius 1 is 1.17 bits per heavy atom. The molecule has 18 heavy (non-hydrogen) atoms. The first-order chi connectivity index (χ1) is 8.92. The SMILES string of the molecule is ICCCCCNCC1CCCc2ccccc21. The van der Waals surface area contributed by atoms with E-state index in [9.17, 15) is 0 Å². The molecule has 1 aliphatic carbocycles. The Balaban J connectivity index is 1.74. The van der Waals surface area contributed by atoms with Crippen molar-refractivity contribution in [3.63, 3.8) is 0 Å². The summed E-state index contributed by atoms with van der Waals surface area (Å²) in [5.41, 5.74) is 3.18. The lowest BCUT2D eigenvalue weighted by molar-refractivity contribution is 0.499. The van der Waals surface area contributed by atoms with Gasteiger partial charge in [-0.1, -0.05) is 53.3 Å². The number of rotatable bonds is 7. The van der Waals surface area contributed by atoms with Crippen LogP contribution in [-0.4, -0.2) is 17.5 Å². The van der Waals surface area contributed by atoms with E-state index in [4.69, 9.17) is 0 Å². The quantitative estimate of drug-likeness (QED) is 0.436. The standard InChI is InChI=1S/C16H24IN/c17-11-4-1-5-12-18-13-15-9-6-8-14-7-2-3-10-16(14)15/h2-3,7,10,15,18H,1,4-6,8-9,11-13H2. The van der Waals surface area contributed by atoms with Crippen LogP contribution >= 0.6 is 22.6 Å². The molecule has 0 spiro atoms. The summed E-state index contributed by atoms with van der Waals surface area (Å²) in [4.78, 5) is 0. The van der Waals surface area contributed by atoms with Gasteiger partial charge in [0.25, 0.3) is 0 Å². The lowest BCUT2D eigenvalue weighted by Gasteiger charge is -2.25. The number of unbranched alkanes of at least 4 members (excludes halogenated alkanes) is 2. The highest BCUT2D eigenvalue weighted by atomic mass is 127. The molecule has 0 radical (unpaired) electrons. The number of fused-ring (bicyclic) bond motifs is 1. The zero-order valence-electron chi connectivity index (χ0n) is 11.1. The van der Waals surface area contributed by atoms with Gasteiger partial charge in [-0.2, -0.15) is 0 Å². The number of hydrogen-bond acceptors (Lipinski definition) is 1. The van der Waals surface area contributed by atoms with Crippen molar-refractivity contribution in [1.29, 1.82) is 0 Å². The summed E-state index contributed by atoms with van der Waals surface area (Å²) in [5, 5.41) is 3.65. The first kappa shape index (κ1) is 14.3. The molecule has 0 bridgehead atoms. The van der Waals surface area contributed by atoms with E-state index < -0.39 is 0 Å². The van der Waals surface area contributed by atoms with Crippen LogP contribution in [-0.2, 0) is 6.42 Å². The van der Waals surface area contributed by atoms with Crippen LogP contribution in [0.3, 0.4) is 0 Å². The van der Waals surface area contributed by atoms with Crippen molar-refractivity contribution >= 4 is 22.6 Å². The Labute approximate surface area is 125 Å². The Hall–Kier alpha value is -0.0900. The second-order valence-corrected chi connectivity index (χ2v) is 6.32. The number of aryl methyl sites for hydroxylation is 1. The summed E-state index contributed by atoms with van der Waals surface area (Å²) in [6.45, 7) is 2.36. The molecular weight excluding hydrogens is 333 g/mol. The van der Waals surface area contributed by atoms with Gasteiger partial charge in [0.15, 0.2) is 0 Å². The van der Waals surface area contributed by atoms with Gasteiger partial charge < -0.3 is 5.32 Å². The Kier molecular flexibility index (Phi) is 6.49. The number of nitrogens with one attached hydrogen (secondary N) is 1. The molecule has 0 saturated heterocycles. The van der Waals surface area contributed by atoms with E-state index in [2.05, 4.69) is 52.2 Å². The summed E-state index contributed by atoms with van der Waals surface area (Å²) in [7, 11) is 0. The number of halogens is 1. The number of benzene rings is 1. The van der Waals surface area contributed by atoms with E-state index in [1.165, 1.54) is 56.0 Å². The molecule has 0 heterocycles. The minimum Gasteiger partial charge on any atom is -0.316 e. The van der Waals surface area contributed by atoms with Gasteiger partial charge in [-0.15, -0.1) is 0 Å². The molecule has 2 heteroatoms. The van der Waals surface area contributed by atoms with Crippen molar-refractivity contribution in [2.24, 2.45) is 0 Å². The molecule has 0 aliphatic heterocycles. The predicted octanol–water partition coefficient (Wildman–Crippen LogP) is 4.30. The fourth-order valence-electron chi connectivity index (χ4n) is 2.86. The van der Waals surface area contributed by atoms with E-state index in [1.54, 1.807) is 11.1 Å². The van der Waals surface area contributed by atoms with Crippen LogP contribution in [0.1, 0.15) is 49.1 Å². The molecule has 1 nitrogen and oxygen atoms in total. The molecule has 0 saturated carbocycles. The van der Waals surface area contributed by atoms with Gasteiger partial charge in [-0.3, -0.25) is 0 Å². The highest BCUT2D eigenvalue weighted by Gasteiger charge is 2.18. The van der Waals surface area contributed by atoms with Crippen LogP contribution in [0.15, 0.2) is 24.3 Å². The van der Waals surface area contributed by atoms with Crippen LogP contribution < -0.4 is 5.32 Å². The third kappa shape index (κ3) is 4.23. The number of alkyl halides is 1. The lowest BCUT2D eigenvalue weighted by Crippen LogP contribution is -2.25. The summed E-state index contributed by atoms with van der Waals surface area (Å²) in [6, 6.07) is 9.01. The van der Waals surface area contributed by atoms with Crippen LogP contribution in [0.2, 0.25) is 0 Å². The monoisotopic (exact) mass is 357 g/mol. The average Bonchev–Trinajstić information content (AvgIpc) is 2.43. The van der Waals surface area contributed by atoms with Crippen LogP contribution in [0.25, 0.3) is 0 Å². The maximum atomic E-state index is 3.65. The van der Waals surface area contributed by atoms with Crippen LogP contribution in [0.5, 0.6) is 0 Å². The van der Waals surface area contributed by atoms with Gasteiger partial charge in [0.05, 0.1) is 0 Å². The normalized spacial score (nSPS) is 18.6. The molecular formula is C16H24IN. The van der Waals surface area contributed by atoms with Gasteiger partial charge in [-0.25, -0.2) is 0 Å². The largest absolute Gasteiger partial charge is 0.316 e. The van der Waals surface area contributed by atoms with Crippen molar-refractivity contribution in [2.75, 3.05) is 17.5 Å². The molecule has 1 unspecified atom stereocenters. The summed E-state index contributed by atoms with van der Waals surface area (Å²) in [6.07, 6.45) is 8.07. The molecule has 1 N–H and O–H groups in total. The second-order valence-electron chi connectivity index (χ2n) is 5.24. The van der Waals surface area contributed by atoms with E-state index in [-0.39, 0.29) is 0 Å². The molecule has 1 aliphatic rings.